The van der Waals surface area contributed by atoms with Gasteiger partial charge in [-0.1, -0.05) is 37.3 Å². The van der Waals surface area contributed by atoms with Crippen LogP contribution >= 0.6 is 0 Å². The lowest BCUT2D eigenvalue weighted by molar-refractivity contribution is -0.122. The number of rotatable bonds is 7. The molecule has 1 amide bonds. The maximum absolute atomic E-state index is 12.1. The Bertz CT molecular complexity index is 401. The van der Waals surface area contributed by atoms with Gasteiger partial charge in [0.05, 0.1) is 6.54 Å². The summed E-state index contributed by atoms with van der Waals surface area (Å²) in [7, 11) is 0. The minimum absolute atomic E-state index is 0.120. The summed E-state index contributed by atoms with van der Waals surface area (Å²) >= 11 is 0. The van der Waals surface area contributed by atoms with Crippen molar-refractivity contribution in [2.75, 3.05) is 26.2 Å². The number of benzene rings is 1. The molecule has 0 saturated carbocycles. The molecule has 0 aliphatic carbocycles. The molecular weight excluding hydrogens is 250 g/mol. The Morgan fingerprint density at radius 2 is 2.20 bits per heavy atom. The zero-order valence-electron chi connectivity index (χ0n) is 12.3. The van der Waals surface area contributed by atoms with E-state index in [0.29, 0.717) is 19.1 Å². The van der Waals surface area contributed by atoms with Gasteiger partial charge in [-0.2, -0.15) is 0 Å². The van der Waals surface area contributed by atoms with Crippen molar-refractivity contribution in [3.63, 3.8) is 0 Å². The van der Waals surface area contributed by atoms with Crippen molar-refractivity contribution in [3.8, 4) is 0 Å². The van der Waals surface area contributed by atoms with Crippen LogP contribution in [0.2, 0.25) is 0 Å². The van der Waals surface area contributed by atoms with Crippen molar-refractivity contribution in [1.82, 2.24) is 15.5 Å². The lowest BCUT2D eigenvalue weighted by atomic mass is 10.2. The highest BCUT2D eigenvalue weighted by Gasteiger charge is 2.23. The molecule has 1 aliphatic rings. The van der Waals surface area contributed by atoms with E-state index < -0.39 is 0 Å². The number of hydrogen-bond donors (Lipinski definition) is 2. The molecular formula is C16H25N3O. The molecule has 110 valence electrons. The van der Waals surface area contributed by atoms with E-state index in [1.165, 1.54) is 0 Å². The van der Waals surface area contributed by atoms with Gasteiger partial charge in [0.2, 0.25) is 5.91 Å². The van der Waals surface area contributed by atoms with Gasteiger partial charge in [0.1, 0.15) is 0 Å². The van der Waals surface area contributed by atoms with Crippen molar-refractivity contribution >= 4 is 5.91 Å². The maximum Gasteiger partial charge on any atom is 0.234 e. The molecule has 4 heteroatoms. The fourth-order valence-corrected chi connectivity index (χ4v) is 2.67. The van der Waals surface area contributed by atoms with E-state index in [-0.39, 0.29) is 5.91 Å². The topological polar surface area (TPSA) is 44.4 Å². The molecule has 2 N–H and O–H groups in total. The van der Waals surface area contributed by atoms with Crippen molar-refractivity contribution in [2.24, 2.45) is 0 Å². The first-order valence-corrected chi connectivity index (χ1v) is 7.55. The predicted octanol–water partition coefficient (Wildman–Crippen LogP) is 1.38. The lowest BCUT2D eigenvalue weighted by Crippen LogP contribution is -2.44. The molecule has 0 spiro atoms. The summed E-state index contributed by atoms with van der Waals surface area (Å²) in [4.78, 5) is 14.4. The zero-order chi connectivity index (χ0) is 14.2. The van der Waals surface area contributed by atoms with Crippen LogP contribution in [0.5, 0.6) is 0 Å². The molecule has 0 aromatic heterocycles. The first-order valence-electron chi connectivity index (χ1n) is 7.55. The van der Waals surface area contributed by atoms with E-state index in [9.17, 15) is 4.79 Å². The highest BCUT2D eigenvalue weighted by atomic mass is 16.2. The van der Waals surface area contributed by atoms with Crippen LogP contribution in [0, 0.1) is 0 Å². The lowest BCUT2D eigenvalue weighted by Gasteiger charge is -2.27. The largest absolute Gasteiger partial charge is 0.351 e. The minimum Gasteiger partial charge on any atom is -0.351 e. The molecule has 1 unspecified atom stereocenters. The van der Waals surface area contributed by atoms with E-state index in [1.54, 1.807) is 0 Å². The molecule has 1 aromatic carbocycles. The quantitative estimate of drug-likeness (QED) is 0.790. The highest BCUT2D eigenvalue weighted by molar-refractivity contribution is 5.78. The minimum atomic E-state index is 0.120. The molecule has 20 heavy (non-hydrogen) atoms. The molecule has 1 aromatic rings. The molecule has 2 rings (SSSR count). The van der Waals surface area contributed by atoms with Gasteiger partial charge in [-0.25, -0.2) is 0 Å². The summed E-state index contributed by atoms with van der Waals surface area (Å²) in [5, 5.41) is 6.38. The van der Waals surface area contributed by atoms with Crippen LogP contribution in [0.15, 0.2) is 30.3 Å². The Hall–Kier alpha value is -1.39. The summed E-state index contributed by atoms with van der Waals surface area (Å²) in [6.07, 6.45) is 2.23. The molecule has 1 heterocycles. The van der Waals surface area contributed by atoms with Crippen LogP contribution in [-0.2, 0) is 11.3 Å². The predicted molar refractivity (Wildman–Crippen MR) is 81.4 cm³/mol. The van der Waals surface area contributed by atoms with Crippen LogP contribution in [-0.4, -0.2) is 43.0 Å². The summed E-state index contributed by atoms with van der Waals surface area (Å²) < 4.78 is 0. The summed E-state index contributed by atoms with van der Waals surface area (Å²) in [6, 6.07) is 10.6. The highest BCUT2D eigenvalue weighted by Crippen LogP contribution is 2.08. The van der Waals surface area contributed by atoms with Crippen LogP contribution in [0.25, 0.3) is 0 Å². The van der Waals surface area contributed by atoms with Crippen LogP contribution in [0.1, 0.15) is 25.3 Å². The second kappa shape index (κ2) is 8.02. The SMILES string of the molecule is CCCN(CC(=O)NCc1ccccc1)C1CCNC1. The standard InChI is InChI=1S/C16H25N3O/c1-2-10-19(15-8-9-17-12-15)13-16(20)18-11-14-6-4-3-5-7-14/h3-7,15,17H,2,8-13H2,1H3,(H,18,20). The molecule has 0 radical (unpaired) electrons. The third kappa shape index (κ3) is 4.62. The number of carbonyl (C=O) groups excluding carboxylic acids is 1. The summed E-state index contributed by atoms with van der Waals surface area (Å²) in [5.41, 5.74) is 1.14. The Balaban J connectivity index is 1.78. The van der Waals surface area contributed by atoms with Gasteiger partial charge in [0, 0.05) is 19.1 Å². The Kier molecular flexibility index (Phi) is 6.02. The Morgan fingerprint density at radius 1 is 1.40 bits per heavy atom. The van der Waals surface area contributed by atoms with E-state index in [2.05, 4.69) is 22.5 Å². The normalized spacial score (nSPS) is 18.4. The molecule has 1 saturated heterocycles. The number of hydrogen-bond acceptors (Lipinski definition) is 3. The summed E-state index contributed by atoms with van der Waals surface area (Å²) in [6.45, 7) is 6.35. The van der Waals surface area contributed by atoms with E-state index in [1.807, 2.05) is 30.3 Å². The van der Waals surface area contributed by atoms with Crippen molar-refractivity contribution in [3.05, 3.63) is 35.9 Å². The average molecular weight is 275 g/mol. The van der Waals surface area contributed by atoms with Gasteiger partial charge < -0.3 is 10.6 Å². The second-order valence-corrected chi connectivity index (χ2v) is 5.38. The molecule has 1 aliphatic heterocycles. The number of nitrogens with zero attached hydrogens (tertiary/aromatic N) is 1. The zero-order valence-corrected chi connectivity index (χ0v) is 12.3. The van der Waals surface area contributed by atoms with Crippen LogP contribution in [0.4, 0.5) is 0 Å². The molecule has 1 atom stereocenters. The Morgan fingerprint density at radius 3 is 2.85 bits per heavy atom. The molecule has 1 fully saturated rings. The fourth-order valence-electron chi connectivity index (χ4n) is 2.67. The van der Waals surface area contributed by atoms with Crippen molar-refractivity contribution in [2.45, 2.75) is 32.4 Å². The fraction of sp³-hybridized carbons (Fsp3) is 0.562. The van der Waals surface area contributed by atoms with Gasteiger partial charge in [-0.15, -0.1) is 0 Å². The first kappa shape index (κ1) is 15.0. The first-order chi connectivity index (χ1) is 9.79. The second-order valence-electron chi connectivity index (χ2n) is 5.38. The van der Waals surface area contributed by atoms with Gasteiger partial charge >= 0.3 is 0 Å². The third-order valence-corrected chi connectivity index (χ3v) is 3.74. The van der Waals surface area contributed by atoms with E-state index in [4.69, 9.17) is 0 Å². The number of carbonyl (C=O) groups is 1. The van der Waals surface area contributed by atoms with Gasteiger partial charge in [0.15, 0.2) is 0 Å². The monoisotopic (exact) mass is 275 g/mol. The van der Waals surface area contributed by atoms with Gasteiger partial charge in [-0.05, 0) is 31.5 Å². The van der Waals surface area contributed by atoms with Crippen molar-refractivity contribution < 1.29 is 4.79 Å². The van der Waals surface area contributed by atoms with Crippen molar-refractivity contribution in [1.29, 1.82) is 0 Å². The number of amides is 1. The van der Waals surface area contributed by atoms with E-state index >= 15 is 0 Å². The third-order valence-electron chi connectivity index (χ3n) is 3.74. The Labute approximate surface area is 121 Å². The van der Waals surface area contributed by atoms with E-state index in [0.717, 1.165) is 38.0 Å². The van der Waals surface area contributed by atoms with Crippen LogP contribution < -0.4 is 10.6 Å². The molecule has 4 nitrogen and oxygen atoms in total. The number of nitrogens with one attached hydrogen (secondary N) is 2. The summed E-state index contributed by atoms with van der Waals surface area (Å²) in [5.74, 6) is 0.120. The smallest absolute Gasteiger partial charge is 0.234 e. The maximum atomic E-state index is 12.1. The van der Waals surface area contributed by atoms with Gasteiger partial charge in [0.25, 0.3) is 0 Å². The van der Waals surface area contributed by atoms with Gasteiger partial charge in [-0.3, -0.25) is 9.69 Å². The molecule has 0 bridgehead atoms. The van der Waals surface area contributed by atoms with Crippen LogP contribution in [0.3, 0.4) is 0 Å². The average Bonchev–Trinajstić information content (AvgIpc) is 3.00.